The topological polar surface area (TPSA) is 78.9 Å². The second-order valence-corrected chi connectivity index (χ2v) is 6.97. The predicted molar refractivity (Wildman–Crippen MR) is 112 cm³/mol. The van der Waals surface area contributed by atoms with Gasteiger partial charge in [-0.3, -0.25) is 4.79 Å². The Balaban J connectivity index is 1.51. The molecule has 0 fully saturated rings. The lowest BCUT2D eigenvalue weighted by atomic mass is 9.92. The van der Waals surface area contributed by atoms with Gasteiger partial charge in [-0.25, -0.2) is 0 Å². The first-order valence-electron chi connectivity index (χ1n) is 9.03. The second kappa shape index (κ2) is 8.17. The number of fused-ring (bicyclic) bond motifs is 1. The molecule has 1 aromatic heterocycles. The van der Waals surface area contributed by atoms with Gasteiger partial charge in [-0.05, 0) is 35.4 Å². The summed E-state index contributed by atoms with van der Waals surface area (Å²) in [5.74, 6) is -0.706. The predicted octanol–water partition coefficient (Wildman–Crippen LogP) is 5.32. The number of carbonyl (C=O) groups excluding carboxylic acids is 1. The van der Waals surface area contributed by atoms with Gasteiger partial charge >= 0.3 is 0 Å². The van der Waals surface area contributed by atoms with E-state index < -0.39 is 5.92 Å². The first-order chi connectivity index (χ1) is 14.2. The van der Waals surface area contributed by atoms with E-state index in [0.717, 1.165) is 10.9 Å². The highest BCUT2D eigenvalue weighted by Crippen LogP contribution is 2.32. The van der Waals surface area contributed by atoms with E-state index in [1.807, 2.05) is 48.5 Å². The van der Waals surface area contributed by atoms with Gasteiger partial charge in [0, 0.05) is 16.1 Å². The van der Waals surface area contributed by atoms with Crippen molar-refractivity contribution in [1.82, 2.24) is 5.16 Å². The van der Waals surface area contributed by atoms with Crippen LogP contribution in [0.1, 0.15) is 22.7 Å². The Labute approximate surface area is 172 Å². The Morgan fingerprint density at radius 1 is 1.10 bits per heavy atom. The van der Waals surface area contributed by atoms with Gasteiger partial charge in [-0.15, -0.1) is 0 Å². The van der Waals surface area contributed by atoms with Gasteiger partial charge < -0.3 is 9.84 Å². The van der Waals surface area contributed by atoms with Crippen molar-refractivity contribution in [2.75, 3.05) is 5.32 Å². The standard InChI is InChI=1S/C23H16ClN3O2/c24-20-12-16(10-11-17(20)19(14-25)15-6-2-1-3-7-15)26-23(28)13-21-18-8-4-5-9-22(18)29-27-21/h1-12,19H,13H2,(H,26,28). The molecule has 1 heterocycles. The number of hydrogen-bond donors (Lipinski definition) is 1. The summed E-state index contributed by atoms with van der Waals surface area (Å²) in [7, 11) is 0. The largest absolute Gasteiger partial charge is 0.356 e. The average molecular weight is 402 g/mol. The van der Waals surface area contributed by atoms with Crippen LogP contribution in [0, 0.1) is 11.3 Å². The quantitative estimate of drug-likeness (QED) is 0.491. The molecular weight excluding hydrogens is 386 g/mol. The number of amides is 1. The Morgan fingerprint density at radius 3 is 2.62 bits per heavy atom. The van der Waals surface area contributed by atoms with Crippen molar-refractivity contribution in [2.45, 2.75) is 12.3 Å². The number of benzene rings is 3. The zero-order valence-corrected chi connectivity index (χ0v) is 16.1. The normalized spacial score (nSPS) is 11.7. The Bertz CT molecular complexity index is 1210. The maximum absolute atomic E-state index is 12.4. The Morgan fingerprint density at radius 2 is 1.86 bits per heavy atom. The Kier molecular flexibility index (Phi) is 5.28. The van der Waals surface area contributed by atoms with Gasteiger partial charge in [0.1, 0.15) is 5.69 Å². The molecule has 0 saturated carbocycles. The smallest absolute Gasteiger partial charge is 0.230 e. The molecule has 0 aliphatic carbocycles. The van der Waals surface area contributed by atoms with Crippen LogP contribution in [-0.2, 0) is 11.2 Å². The molecule has 6 heteroatoms. The SMILES string of the molecule is N#CC(c1ccccc1)c1ccc(NC(=O)Cc2noc3ccccc23)cc1Cl. The van der Waals surface area contributed by atoms with Crippen LogP contribution in [-0.4, -0.2) is 11.1 Å². The fraction of sp³-hybridized carbons (Fsp3) is 0.0870. The van der Waals surface area contributed by atoms with Gasteiger partial charge in [0.2, 0.25) is 5.91 Å². The van der Waals surface area contributed by atoms with E-state index in [4.69, 9.17) is 16.1 Å². The molecule has 5 nitrogen and oxygen atoms in total. The maximum Gasteiger partial charge on any atom is 0.230 e. The van der Waals surface area contributed by atoms with Crippen LogP contribution in [0.4, 0.5) is 5.69 Å². The number of carbonyl (C=O) groups is 1. The Hall–Kier alpha value is -3.62. The molecule has 4 rings (SSSR count). The number of hydrogen-bond acceptors (Lipinski definition) is 4. The molecule has 0 aliphatic rings. The molecule has 29 heavy (non-hydrogen) atoms. The van der Waals surface area contributed by atoms with E-state index in [-0.39, 0.29) is 12.3 Å². The van der Waals surface area contributed by atoms with E-state index in [2.05, 4.69) is 16.5 Å². The van der Waals surface area contributed by atoms with E-state index in [0.29, 0.717) is 27.6 Å². The summed E-state index contributed by atoms with van der Waals surface area (Å²) in [6, 6.07) is 24.3. The summed E-state index contributed by atoms with van der Waals surface area (Å²) < 4.78 is 5.23. The average Bonchev–Trinajstić information content (AvgIpc) is 3.14. The summed E-state index contributed by atoms with van der Waals surface area (Å²) >= 11 is 6.43. The number of halogens is 1. The lowest BCUT2D eigenvalue weighted by Gasteiger charge is -2.13. The van der Waals surface area contributed by atoms with Crippen molar-refractivity contribution < 1.29 is 9.32 Å². The summed E-state index contributed by atoms with van der Waals surface area (Å²) in [5, 5.41) is 17.6. The molecule has 1 amide bonds. The zero-order valence-electron chi connectivity index (χ0n) is 15.3. The van der Waals surface area contributed by atoms with Crippen molar-refractivity contribution in [1.29, 1.82) is 5.26 Å². The van der Waals surface area contributed by atoms with E-state index in [1.165, 1.54) is 0 Å². The molecule has 4 aromatic rings. The van der Waals surface area contributed by atoms with Crippen molar-refractivity contribution in [3.05, 3.63) is 94.6 Å². The highest BCUT2D eigenvalue weighted by molar-refractivity contribution is 6.31. The van der Waals surface area contributed by atoms with Gasteiger partial charge in [0.25, 0.3) is 0 Å². The summed E-state index contributed by atoms with van der Waals surface area (Å²) in [5.41, 5.74) is 3.34. The molecule has 0 spiro atoms. The summed E-state index contributed by atoms with van der Waals surface area (Å²) in [4.78, 5) is 12.4. The third-order valence-electron chi connectivity index (χ3n) is 4.64. The third kappa shape index (κ3) is 3.98. The van der Waals surface area contributed by atoms with Gasteiger partial charge in [0.05, 0.1) is 18.4 Å². The van der Waals surface area contributed by atoms with E-state index >= 15 is 0 Å². The van der Waals surface area contributed by atoms with Crippen LogP contribution in [0.5, 0.6) is 0 Å². The van der Waals surface area contributed by atoms with Crippen LogP contribution in [0.2, 0.25) is 5.02 Å². The fourth-order valence-electron chi connectivity index (χ4n) is 3.23. The van der Waals surface area contributed by atoms with Crippen molar-refractivity contribution in [3.8, 4) is 6.07 Å². The number of nitrogens with zero attached hydrogens (tertiary/aromatic N) is 2. The maximum atomic E-state index is 12.4. The number of para-hydroxylation sites is 1. The van der Waals surface area contributed by atoms with Gasteiger partial charge in [-0.1, -0.05) is 65.3 Å². The molecule has 1 atom stereocenters. The van der Waals surface area contributed by atoms with E-state index in [1.54, 1.807) is 24.3 Å². The third-order valence-corrected chi connectivity index (χ3v) is 4.96. The first-order valence-corrected chi connectivity index (χ1v) is 9.40. The lowest BCUT2D eigenvalue weighted by molar-refractivity contribution is -0.115. The molecule has 1 unspecified atom stereocenters. The van der Waals surface area contributed by atoms with Crippen molar-refractivity contribution >= 4 is 34.2 Å². The molecule has 0 saturated heterocycles. The van der Waals surface area contributed by atoms with Crippen LogP contribution in [0.3, 0.4) is 0 Å². The van der Waals surface area contributed by atoms with Crippen LogP contribution in [0.25, 0.3) is 11.0 Å². The number of nitrogens with one attached hydrogen (secondary N) is 1. The highest BCUT2D eigenvalue weighted by atomic mass is 35.5. The number of anilines is 1. The van der Waals surface area contributed by atoms with Gasteiger partial charge in [-0.2, -0.15) is 5.26 Å². The molecule has 0 bridgehead atoms. The lowest BCUT2D eigenvalue weighted by Crippen LogP contribution is -2.15. The van der Waals surface area contributed by atoms with Crippen molar-refractivity contribution in [2.24, 2.45) is 0 Å². The highest BCUT2D eigenvalue weighted by Gasteiger charge is 2.18. The van der Waals surface area contributed by atoms with Crippen LogP contribution >= 0.6 is 11.6 Å². The summed E-state index contributed by atoms with van der Waals surface area (Å²) in [6.07, 6.45) is 0.0845. The van der Waals surface area contributed by atoms with Gasteiger partial charge in [0.15, 0.2) is 5.58 Å². The number of rotatable bonds is 5. The second-order valence-electron chi connectivity index (χ2n) is 6.56. The van der Waals surface area contributed by atoms with Crippen molar-refractivity contribution in [3.63, 3.8) is 0 Å². The molecule has 0 aliphatic heterocycles. The molecule has 1 N–H and O–H groups in total. The number of nitriles is 1. The molecule has 3 aromatic carbocycles. The summed E-state index contributed by atoms with van der Waals surface area (Å²) in [6.45, 7) is 0. The first kappa shape index (κ1) is 18.7. The number of aromatic nitrogens is 1. The fourth-order valence-corrected chi connectivity index (χ4v) is 3.52. The molecule has 142 valence electrons. The minimum Gasteiger partial charge on any atom is -0.356 e. The minimum absolute atomic E-state index is 0.0845. The minimum atomic E-state index is -0.477. The molecular formula is C23H16ClN3O2. The zero-order chi connectivity index (χ0) is 20.2. The van der Waals surface area contributed by atoms with E-state index in [9.17, 15) is 10.1 Å². The van der Waals surface area contributed by atoms with Crippen LogP contribution < -0.4 is 5.32 Å². The molecule has 0 radical (unpaired) electrons. The van der Waals surface area contributed by atoms with Crippen LogP contribution in [0.15, 0.2) is 77.3 Å². The monoisotopic (exact) mass is 401 g/mol.